The number of aryl methyl sites for hydroxylation is 2. The third-order valence-electron chi connectivity index (χ3n) is 3.37. The van der Waals surface area contributed by atoms with E-state index in [0.29, 0.717) is 6.54 Å². The molecule has 0 saturated heterocycles. The standard InChI is InChI=1S/C16H24N6S.HI/c1-13-4-6-14(7-5-13)11-23-9-8-18-16(17-2)19-10-15-20-12-21-22(15)3;/h4-7,12H,8-11H2,1-3H3,(H2,17,18,19);1H. The molecular formula is C16H25IN6S. The minimum atomic E-state index is 0. The summed E-state index contributed by atoms with van der Waals surface area (Å²) >= 11 is 1.91. The molecule has 8 heteroatoms. The van der Waals surface area contributed by atoms with Crippen LogP contribution in [0.25, 0.3) is 0 Å². The molecule has 0 atom stereocenters. The van der Waals surface area contributed by atoms with Crippen molar-refractivity contribution in [3.63, 3.8) is 0 Å². The quantitative estimate of drug-likeness (QED) is 0.288. The highest BCUT2D eigenvalue weighted by Crippen LogP contribution is 2.12. The molecule has 1 heterocycles. The van der Waals surface area contributed by atoms with Crippen LogP contribution in [0.15, 0.2) is 35.6 Å². The van der Waals surface area contributed by atoms with Crippen LogP contribution in [0.3, 0.4) is 0 Å². The second kappa shape index (κ2) is 11.3. The number of halogens is 1. The third kappa shape index (κ3) is 7.08. The van der Waals surface area contributed by atoms with E-state index in [0.717, 1.165) is 29.8 Å². The molecule has 0 radical (unpaired) electrons. The summed E-state index contributed by atoms with van der Waals surface area (Å²) in [5.41, 5.74) is 2.67. The SMILES string of the molecule is CN=C(NCCSCc1ccc(C)cc1)NCc1ncnn1C.I. The van der Waals surface area contributed by atoms with Crippen LogP contribution in [-0.4, -0.2) is 40.1 Å². The van der Waals surface area contributed by atoms with Crippen LogP contribution in [0.1, 0.15) is 17.0 Å². The van der Waals surface area contributed by atoms with E-state index in [2.05, 4.69) is 56.9 Å². The number of nitrogens with one attached hydrogen (secondary N) is 2. The first-order valence-corrected chi connectivity index (χ1v) is 8.75. The summed E-state index contributed by atoms with van der Waals surface area (Å²) in [5, 5.41) is 10.6. The Kier molecular flexibility index (Phi) is 9.77. The van der Waals surface area contributed by atoms with Crippen molar-refractivity contribution in [3.05, 3.63) is 47.5 Å². The van der Waals surface area contributed by atoms with Gasteiger partial charge in [0.15, 0.2) is 5.96 Å². The number of thioether (sulfide) groups is 1. The zero-order valence-corrected chi connectivity index (χ0v) is 17.5. The highest BCUT2D eigenvalue weighted by molar-refractivity contribution is 14.0. The summed E-state index contributed by atoms with van der Waals surface area (Å²) < 4.78 is 1.75. The van der Waals surface area contributed by atoms with Gasteiger partial charge in [-0.15, -0.1) is 24.0 Å². The van der Waals surface area contributed by atoms with Gasteiger partial charge in [-0.1, -0.05) is 29.8 Å². The first-order valence-electron chi connectivity index (χ1n) is 7.59. The van der Waals surface area contributed by atoms with Crippen molar-refractivity contribution in [2.24, 2.45) is 12.0 Å². The number of guanidine groups is 1. The van der Waals surface area contributed by atoms with Gasteiger partial charge in [0, 0.05) is 32.1 Å². The predicted molar refractivity (Wildman–Crippen MR) is 112 cm³/mol. The van der Waals surface area contributed by atoms with Crippen molar-refractivity contribution in [1.29, 1.82) is 0 Å². The number of rotatable bonds is 7. The average Bonchev–Trinajstić information content (AvgIpc) is 2.97. The molecule has 2 N–H and O–H groups in total. The van der Waals surface area contributed by atoms with Crippen molar-refractivity contribution in [2.75, 3.05) is 19.3 Å². The Bertz CT molecular complexity index is 626. The maximum atomic E-state index is 4.21. The number of nitrogens with zero attached hydrogens (tertiary/aromatic N) is 4. The van der Waals surface area contributed by atoms with Gasteiger partial charge >= 0.3 is 0 Å². The molecular weight excluding hydrogens is 435 g/mol. The Morgan fingerprint density at radius 1 is 1.25 bits per heavy atom. The molecule has 0 aliphatic heterocycles. The van der Waals surface area contributed by atoms with Crippen LogP contribution in [0, 0.1) is 6.92 Å². The van der Waals surface area contributed by atoms with E-state index in [1.807, 2.05) is 18.8 Å². The first-order chi connectivity index (χ1) is 11.2. The minimum Gasteiger partial charge on any atom is -0.356 e. The Hall–Kier alpha value is -1.29. The molecule has 0 bridgehead atoms. The molecule has 0 spiro atoms. The lowest BCUT2D eigenvalue weighted by atomic mass is 10.2. The zero-order valence-electron chi connectivity index (χ0n) is 14.3. The van der Waals surface area contributed by atoms with E-state index in [-0.39, 0.29) is 24.0 Å². The van der Waals surface area contributed by atoms with E-state index in [1.54, 1.807) is 18.1 Å². The van der Waals surface area contributed by atoms with Gasteiger partial charge in [-0.25, -0.2) is 4.98 Å². The van der Waals surface area contributed by atoms with E-state index < -0.39 is 0 Å². The van der Waals surface area contributed by atoms with Crippen molar-refractivity contribution >= 4 is 41.7 Å². The average molecular weight is 460 g/mol. The summed E-state index contributed by atoms with van der Waals surface area (Å²) in [7, 11) is 3.65. The molecule has 0 unspecified atom stereocenters. The molecule has 1 aromatic heterocycles. The minimum absolute atomic E-state index is 0. The van der Waals surface area contributed by atoms with Crippen molar-refractivity contribution in [2.45, 2.75) is 19.2 Å². The van der Waals surface area contributed by atoms with Gasteiger partial charge in [-0.2, -0.15) is 16.9 Å². The smallest absolute Gasteiger partial charge is 0.191 e. The second-order valence-corrected chi connectivity index (χ2v) is 6.30. The molecule has 2 aromatic rings. The Labute approximate surface area is 164 Å². The summed E-state index contributed by atoms with van der Waals surface area (Å²) in [6, 6.07) is 8.70. The highest BCUT2D eigenvalue weighted by atomic mass is 127. The second-order valence-electron chi connectivity index (χ2n) is 5.19. The van der Waals surface area contributed by atoms with Crippen LogP contribution in [0.5, 0.6) is 0 Å². The fourth-order valence-corrected chi connectivity index (χ4v) is 2.80. The number of benzene rings is 1. The van der Waals surface area contributed by atoms with Crippen LogP contribution in [0.2, 0.25) is 0 Å². The molecule has 1 aromatic carbocycles. The van der Waals surface area contributed by atoms with Crippen molar-refractivity contribution in [3.8, 4) is 0 Å². The molecule has 2 rings (SSSR count). The number of aliphatic imine (C=N–C) groups is 1. The van der Waals surface area contributed by atoms with Crippen LogP contribution >= 0.6 is 35.7 Å². The molecule has 0 aliphatic carbocycles. The van der Waals surface area contributed by atoms with Crippen molar-refractivity contribution < 1.29 is 0 Å². The molecule has 24 heavy (non-hydrogen) atoms. The third-order valence-corrected chi connectivity index (χ3v) is 4.40. The number of aromatic nitrogens is 3. The number of hydrogen-bond acceptors (Lipinski definition) is 4. The van der Waals surface area contributed by atoms with Gasteiger partial charge in [0.25, 0.3) is 0 Å². The monoisotopic (exact) mass is 460 g/mol. The van der Waals surface area contributed by atoms with Crippen LogP contribution in [0.4, 0.5) is 0 Å². The normalized spacial score (nSPS) is 11.0. The van der Waals surface area contributed by atoms with Gasteiger partial charge in [0.05, 0.1) is 6.54 Å². The van der Waals surface area contributed by atoms with Gasteiger partial charge in [-0.05, 0) is 12.5 Å². The first kappa shape index (κ1) is 20.8. The zero-order chi connectivity index (χ0) is 16.5. The lowest BCUT2D eigenvalue weighted by Crippen LogP contribution is -2.38. The molecule has 0 fully saturated rings. The highest BCUT2D eigenvalue weighted by Gasteiger charge is 2.02. The largest absolute Gasteiger partial charge is 0.356 e. The molecule has 6 nitrogen and oxygen atoms in total. The molecule has 0 saturated carbocycles. The summed E-state index contributed by atoms with van der Waals surface area (Å²) in [4.78, 5) is 8.38. The van der Waals surface area contributed by atoms with E-state index in [9.17, 15) is 0 Å². The van der Waals surface area contributed by atoms with Gasteiger partial charge in [0.2, 0.25) is 0 Å². The molecule has 0 amide bonds. The number of hydrogen-bond donors (Lipinski definition) is 2. The Morgan fingerprint density at radius 3 is 2.62 bits per heavy atom. The topological polar surface area (TPSA) is 67.1 Å². The summed E-state index contributed by atoms with van der Waals surface area (Å²) in [5.74, 6) is 3.72. The Morgan fingerprint density at radius 2 is 2.00 bits per heavy atom. The predicted octanol–water partition coefficient (Wildman–Crippen LogP) is 2.34. The van der Waals surface area contributed by atoms with E-state index in [4.69, 9.17) is 0 Å². The molecule has 0 aliphatic rings. The van der Waals surface area contributed by atoms with Gasteiger partial charge in [0.1, 0.15) is 12.2 Å². The molecule has 132 valence electrons. The summed E-state index contributed by atoms with van der Waals surface area (Å²) in [6.07, 6.45) is 1.55. The lowest BCUT2D eigenvalue weighted by molar-refractivity contribution is 0.674. The van der Waals surface area contributed by atoms with Gasteiger partial charge < -0.3 is 10.6 Å². The maximum absolute atomic E-state index is 4.21. The summed E-state index contributed by atoms with van der Waals surface area (Å²) in [6.45, 7) is 3.59. The van der Waals surface area contributed by atoms with Gasteiger partial charge in [-0.3, -0.25) is 9.67 Å². The van der Waals surface area contributed by atoms with Crippen LogP contribution < -0.4 is 10.6 Å². The maximum Gasteiger partial charge on any atom is 0.191 e. The van der Waals surface area contributed by atoms with Crippen LogP contribution in [-0.2, 0) is 19.3 Å². The van der Waals surface area contributed by atoms with E-state index >= 15 is 0 Å². The fraction of sp³-hybridized carbons (Fsp3) is 0.438. The van der Waals surface area contributed by atoms with Crippen molar-refractivity contribution in [1.82, 2.24) is 25.4 Å². The Balaban J connectivity index is 0.00000288. The van der Waals surface area contributed by atoms with E-state index in [1.165, 1.54) is 11.1 Å². The lowest BCUT2D eigenvalue weighted by Gasteiger charge is -2.11. The fourth-order valence-electron chi connectivity index (χ4n) is 1.98.